The van der Waals surface area contributed by atoms with Gasteiger partial charge >= 0.3 is 5.97 Å². The van der Waals surface area contributed by atoms with Gasteiger partial charge in [0.05, 0.1) is 5.92 Å². The van der Waals surface area contributed by atoms with Crippen molar-refractivity contribution in [1.29, 1.82) is 0 Å². The topological polar surface area (TPSA) is 53.1 Å². The Morgan fingerprint density at radius 3 is 2.75 bits per heavy atom. The number of fused-ring (bicyclic) bond motifs is 6. The van der Waals surface area contributed by atoms with Crippen LogP contribution >= 0.6 is 0 Å². The van der Waals surface area contributed by atoms with Crippen molar-refractivity contribution in [3.05, 3.63) is 34.5 Å². The number of aryl methyl sites for hydroxylation is 2. The first-order valence-corrected chi connectivity index (χ1v) is 7.40. The van der Waals surface area contributed by atoms with E-state index in [2.05, 4.69) is 31.0 Å². The summed E-state index contributed by atoms with van der Waals surface area (Å²) in [6.45, 7) is 4.25. The van der Waals surface area contributed by atoms with Crippen LogP contribution in [0.4, 0.5) is 0 Å². The van der Waals surface area contributed by atoms with E-state index >= 15 is 0 Å². The number of carboxylic acids is 1. The third-order valence-corrected chi connectivity index (χ3v) is 5.45. The first kappa shape index (κ1) is 12.0. The van der Waals surface area contributed by atoms with Crippen molar-refractivity contribution in [3.8, 4) is 0 Å². The molecule has 0 unspecified atom stereocenters. The molecule has 3 heteroatoms. The second-order valence-electron chi connectivity index (χ2n) is 6.51. The summed E-state index contributed by atoms with van der Waals surface area (Å²) in [5, 5.41) is 10.8. The van der Waals surface area contributed by atoms with Gasteiger partial charge in [-0.2, -0.15) is 0 Å². The van der Waals surface area contributed by atoms with Gasteiger partial charge in [0.2, 0.25) is 0 Å². The maximum Gasteiger partial charge on any atom is 0.307 e. The molecule has 2 aromatic rings. The number of rotatable bonds is 1. The fourth-order valence-corrected chi connectivity index (χ4v) is 4.39. The number of nitrogens with one attached hydrogen (secondary N) is 1. The number of hydrogen-bond acceptors (Lipinski definition) is 1. The molecule has 4 rings (SSSR count). The Bertz CT molecular complexity index is 728. The molecule has 1 heterocycles. The predicted octanol–water partition coefficient (Wildman–Crippen LogP) is 3.54. The second kappa shape index (κ2) is 3.87. The summed E-state index contributed by atoms with van der Waals surface area (Å²) >= 11 is 0. The summed E-state index contributed by atoms with van der Waals surface area (Å²) in [7, 11) is 0. The molecule has 3 nitrogen and oxygen atoms in total. The van der Waals surface area contributed by atoms with E-state index < -0.39 is 5.97 Å². The summed E-state index contributed by atoms with van der Waals surface area (Å²) in [6, 6.07) is 4.43. The molecule has 0 amide bonds. The quantitative estimate of drug-likeness (QED) is 0.832. The van der Waals surface area contributed by atoms with Crippen molar-refractivity contribution in [2.45, 2.75) is 39.0 Å². The zero-order valence-corrected chi connectivity index (χ0v) is 11.9. The van der Waals surface area contributed by atoms with Gasteiger partial charge in [0, 0.05) is 16.6 Å². The molecule has 3 atom stereocenters. The standard InChI is InChI=1S/C17H19NO2/c1-8-5-12-13(6-9(8)2)18-14-7-10-3-4-11(16(12)14)15(10)17(19)20/h5-6,10-11,15,18H,3-4,7H2,1-2H3,(H,19,20)/t10-,11-,15+/m0/s1. The Kier molecular flexibility index (Phi) is 2.33. The van der Waals surface area contributed by atoms with Crippen LogP contribution in [0.3, 0.4) is 0 Å². The minimum atomic E-state index is -0.610. The van der Waals surface area contributed by atoms with Crippen LogP contribution in [0.15, 0.2) is 12.1 Å². The Morgan fingerprint density at radius 2 is 2.00 bits per heavy atom. The van der Waals surface area contributed by atoms with E-state index in [0.717, 1.165) is 19.3 Å². The Hall–Kier alpha value is -1.77. The molecular formula is C17H19NO2. The van der Waals surface area contributed by atoms with Gasteiger partial charge < -0.3 is 10.1 Å². The van der Waals surface area contributed by atoms with Gasteiger partial charge in [0.1, 0.15) is 0 Å². The van der Waals surface area contributed by atoms with Crippen LogP contribution in [-0.4, -0.2) is 16.1 Å². The molecule has 2 aliphatic rings. The van der Waals surface area contributed by atoms with Gasteiger partial charge in [-0.3, -0.25) is 4.79 Å². The van der Waals surface area contributed by atoms with Crippen molar-refractivity contribution in [1.82, 2.24) is 4.98 Å². The van der Waals surface area contributed by atoms with Crippen LogP contribution < -0.4 is 0 Å². The molecule has 0 radical (unpaired) electrons. The highest BCUT2D eigenvalue weighted by Crippen LogP contribution is 2.52. The lowest BCUT2D eigenvalue weighted by atomic mass is 9.76. The molecule has 0 aliphatic heterocycles. The van der Waals surface area contributed by atoms with Gasteiger partial charge in [-0.15, -0.1) is 0 Å². The van der Waals surface area contributed by atoms with Gasteiger partial charge in [0.15, 0.2) is 0 Å². The van der Waals surface area contributed by atoms with Crippen molar-refractivity contribution in [2.24, 2.45) is 11.8 Å². The predicted molar refractivity (Wildman–Crippen MR) is 78.1 cm³/mol. The average molecular weight is 269 g/mol. The van der Waals surface area contributed by atoms with E-state index in [-0.39, 0.29) is 11.8 Å². The van der Waals surface area contributed by atoms with E-state index in [9.17, 15) is 9.90 Å². The lowest BCUT2D eigenvalue weighted by molar-refractivity contribution is -0.143. The zero-order valence-electron chi connectivity index (χ0n) is 11.9. The number of benzene rings is 1. The first-order valence-electron chi connectivity index (χ1n) is 7.40. The second-order valence-corrected chi connectivity index (χ2v) is 6.51. The highest BCUT2D eigenvalue weighted by Gasteiger charge is 2.47. The van der Waals surface area contributed by atoms with Gasteiger partial charge in [-0.25, -0.2) is 0 Å². The average Bonchev–Trinajstić information content (AvgIpc) is 2.88. The zero-order chi connectivity index (χ0) is 14.0. The number of H-pyrrole nitrogens is 1. The maximum absolute atomic E-state index is 11.6. The number of carbonyl (C=O) groups is 1. The molecule has 2 aliphatic carbocycles. The lowest BCUT2D eigenvalue weighted by Crippen LogP contribution is -2.29. The summed E-state index contributed by atoms with van der Waals surface area (Å²) in [6.07, 6.45) is 2.97. The summed E-state index contributed by atoms with van der Waals surface area (Å²) in [5.74, 6) is -0.262. The largest absolute Gasteiger partial charge is 0.481 e. The number of hydrogen-bond donors (Lipinski definition) is 2. The summed E-state index contributed by atoms with van der Waals surface area (Å²) in [4.78, 5) is 15.1. The number of aromatic nitrogens is 1. The molecule has 2 bridgehead atoms. The number of aliphatic carboxylic acids is 1. The highest BCUT2D eigenvalue weighted by atomic mass is 16.4. The van der Waals surface area contributed by atoms with Crippen molar-refractivity contribution >= 4 is 16.9 Å². The minimum absolute atomic E-state index is 0.178. The van der Waals surface area contributed by atoms with Crippen molar-refractivity contribution in [3.63, 3.8) is 0 Å². The van der Waals surface area contributed by atoms with Crippen molar-refractivity contribution in [2.75, 3.05) is 0 Å². The minimum Gasteiger partial charge on any atom is -0.481 e. The molecule has 1 saturated carbocycles. The van der Waals surface area contributed by atoms with E-state index in [1.807, 2.05) is 0 Å². The number of carboxylic acid groups (broad SMARTS) is 1. The van der Waals surface area contributed by atoms with Crippen LogP contribution in [0.5, 0.6) is 0 Å². The van der Waals surface area contributed by atoms with Crippen LogP contribution in [0.25, 0.3) is 10.9 Å². The molecule has 0 saturated heterocycles. The maximum atomic E-state index is 11.6. The fourth-order valence-electron chi connectivity index (χ4n) is 4.39. The Morgan fingerprint density at radius 1 is 1.25 bits per heavy atom. The van der Waals surface area contributed by atoms with Crippen LogP contribution in [-0.2, 0) is 11.2 Å². The third kappa shape index (κ3) is 1.43. The summed E-state index contributed by atoms with van der Waals surface area (Å²) < 4.78 is 0. The van der Waals surface area contributed by atoms with E-state index in [4.69, 9.17) is 0 Å². The van der Waals surface area contributed by atoms with Gasteiger partial charge in [-0.1, -0.05) is 0 Å². The third-order valence-electron chi connectivity index (χ3n) is 5.45. The Labute approximate surface area is 118 Å². The molecule has 1 aromatic carbocycles. The fraction of sp³-hybridized carbons (Fsp3) is 0.471. The Balaban J connectivity index is 1.96. The molecule has 2 N–H and O–H groups in total. The van der Waals surface area contributed by atoms with E-state index in [1.165, 1.54) is 33.3 Å². The van der Waals surface area contributed by atoms with Gasteiger partial charge in [0.25, 0.3) is 0 Å². The van der Waals surface area contributed by atoms with E-state index in [1.54, 1.807) is 0 Å². The normalized spacial score (nSPS) is 27.8. The molecule has 0 spiro atoms. The lowest BCUT2D eigenvalue weighted by Gasteiger charge is -2.27. The van der Waals surface area contributed by atoms with E-state index in [0.29, 0.717) is 5.92 Å². The first-order chi connectivity index (χ1) is 9.56. The van der Waals surface area contributed by atoms with Crippen LogP contribution in [0.1, 0.15) is 41.1 Å². The highest BCUT2D eigenvalue weighted by molar-refractivity contribution is 5.88. The number of aromatic amines is 1. The SMILES string of the molecule is Cc1cc2[nH]c3c(c2cc1C)[C@H]1CC[C@@H](C3)[C@H]1C(=O)O. The van der Waals surface area contributed by atoms with Crippen LogP contribution in [0.2, 0.25) is 0 Å². The molecule has 1 aromatic heterocycles. The smallest absolute Gasteiger partial charge is 0.307 e. The molecule has 1 fully saturated rings. The summed E-state index contributed by atoms with van der Waals surface area (Å²) in [5.41, 5.74) is 6.33. The van der Waals surface area contributed by atoms with Crippen molar-refractivity contribution < 1.29 is 9.90 Å². The monoisotopic (exact) mass is 269 g/mol. The molecular weight excluding hydrogens is 250 g/mol. The molecule has 104 valence electrons. The molecule has 20 heavy (non-hydrogen) atoms. The van der Waals surface area contributed by atoms with Crippen LogP contribution in [0, 0.1) is 25.7 Å². The van der Waals surface area contributed by atoms with Gasteiger partial charge in [-0.05, 0) is 73.8 Å².